The lowest BCUT2D eigenvalue weighted by Crippen LogP contribution is -2.28. The largest absolute Gasteiger partial charge is 0.309 e. The van der Waals surface area contributed by atoms with Gasteiger partial charge >= 0.3 is 0 Å². The van der Waals surface area contributed by atoms with Crippen LogP contribution in [-0.2, 0) is 13.1 Å². The van der Waals surface area contributed by atoms with Crippen LogP contribution in [0.4, 0.5) is 0 Å². The van der Waals surface area contributed by atoms with E-state index in [1.54, 1.807) is 0 Å². The van der Waals surface area contributed by atoms with E-state index in [0.29, 0.717) is 6.04 Å². The SMILES string of the molecule is CCC(C)N(C)Cc1c(CNC2CC2)sc2ccccc12. The number of hydrogen-bond acceptors (Lipinski definition) is 3. The van der Waals surface area contributed by atoms with Gasteiger partial charge in [0.15, 0.2) is 0 Å². The van der Waals surface area contributed by atoms with Gasteiger partial charge in [0.05, 0.1) is 0 Å². The molecule has 1 unspecified atom stereocenters. The molecule has 1 aliphatic carbocycles. The zero-order valence-electron chi connectivity index (χ0n) is 13.4. The number of rotatable bonds is 7. The summed E-state index contributed by atoms with van der Waals surface area (Å²) in [6.07, 6.45) is 3.91. The zero-order chi connectivity index (χ0) is 14.8. The Kier molecular flexibility index (Phi) is 4.63. The first kappa shape index (κ1) is 15.0. The van der Waals surface area contributed by atoms with E-state index >= 15 is 0 Å². The van der Waals surface area contributed by atoms with Crippen LogP contribution in [0.1, 0.15) is 43.6 Å². The Morgan fingerprint density at radius 3 is 2.81 bits per heavy atom. The fourth-order valence-electron chi connectivity index (χ4n) is 2.71. The van der Waals surface area contributed by atoms with Crippen molar-refractivity contribution in [2.45, 2.75) is 58.3 Å². The molecular weight excluding hydrogens is 276 g/mol. The number of fused-ring (bicyclic) bond motifs is 1. The molecular formula is C18H26N2S. The first-order chi connectivity index (χ1) is 10.2. The Hall–Kier alpha value is -0.900. The summed E-state index contributed by atoms with van der Waals surface area (Å²) in [4.78, 5) is 4.01. The second kappa shape index (κ2) is 6.47. The van der Waals surface area contributed by atoms with E-state index in [1.165, 1.54) is 39.8 Å². The summed E-state index contributed by atoms with van der Waals surface area (Å²) in [5.41, 5.74) is 1.53. The van der Waals surface area contributed by atoms with Gasteiger partial charge < -0.3 is 5.32 Å². The summed E-state index contributed by atoms with van der Waals surface area (Å²) in [5.74, 6) is 0. The predicted molar refractivity (Wildman–Crippen MR) is 92.9 cm³/mol. The first-order valence-corrected chi connectivity index (χ1v) is 8.93. The quantitative estimate of drug-likeness (QED) is 0.816. The van der Waals surface area contributed by atoms with Gasteiger partial charge in [0.1, 0.15) is 0 Å². The van der Waals surface area contributed by atoms with Crippen LogP contribution in [0.3, 0.4) is 0 Å². The van der Waals surface area contributed by atoms with E-state index in [9.17, 15) is 0 Å². The van der Waals surface area contributed by atoms with Crippen LogP contribution in [0.2, 0.25) is 0 Å². The Bertz CT molecular complexity index is 600. The number of nitrogens with zero attached hydrogens (tertiary/aromatic N) is 1. The second-order valence-corrected chi connectivity index (χ2v) is 7.46. The van der Waals surface area contributed by atoms with Crippen LogP contribution in [-0.4, -0.2) is 24.0 Å². The van der Waals surface area contributed by atoms with Crippen LogP contribution >= 0.6 is 11.3 Å². The van der Waals surface area contributed by atoms with Gasteiger partial charge in [-0.1, -0.05) is 25.1 Å². The Labute approximate surface area is 132 Å². The molecule has 0 saturated heterocycles. The highest BCUT2D eigenvalue weighted by Gasteiger charge is 2.22. The standard InChI is InChI=1S/C18H26N2S/c1-4-13(2)20(3)12-16-15-7-5-6-8-17(15)21-18(16)11-19-14-9-10-14/h5-8,13-14,19H,4,9-12H2,1-3H3. The second-order valence-electron chi connectivity index (χ2n) is 6.33. The molecule has 114 valence electrons. The molecule has 1 N–H and O–H groups in total. The molecule has 21 heavy (non-hydrogen) atoms. The van der Waals surface area contributed by atoms with Crippen molar-refractivity contribution in [2.24, 2.45) is 0 Å². The molecule has 1 heterocycles. The molecule has 1 aromatic carbocycles. The van der Waals surface area contributed by atoms with Crippen LogP contribution in [0.25, 0.3) is 10.1 Å². The molecule has 1 saturated carbocycles. The summed E-state index contributed by atoms with van der Waals surface area (Å²) in [5, 5.41) is 5.13. The predicted octanol–water partition coefficient (Wildman–Crippen LogP) is 4.38. The van der Waals surface area contributed by atoms with Crippen molar-refractivity contribution in [3.8, 4) is 0 Å². The molecule has 1 aliphatic rings. The minimum atomic E-state index is 0.632. The lowest BCUT2D eigenvalue weighted by atomic mass is 10.1. The highest BCUT2D eigenvalue weighted by atomic mass is 32.1. The normalized spacial score (nSPS) is 16.8. The molecule has 0 bridgehead atoms. The van der Waals surface area contributed by atoms with Crippen molar-refractivity contribution in [3.05, 3.63) is 34.7 Å². The van der Waals surface area contributed by atoms with E-state index in [-0.39, 0.29) is 0 Å². The molecule has 3 heteroatoms. The maximum atomic E-state index is 3.68. The van der Waals surface area contributed by atoms with Crippen molar-refractivity contribution in [1.82, 2.24) is 10.2 Å². The zero-order valence-corrected chi connectivity index (χ0v) is 14.2. The summed E-state index contributed by atoms with van der Waals surface area (Å²) in [6, 6.07) is 10.3. The monoisotopic (exact) mass is 302 g/mol. The summed E-state index contributed by atoms with van der Waals surface area (Å²) in [7, 11) is 2.25. The summed E-state index contributed by atoms with van der Waals surface area (Å²) >= 11 is 1.97. The fourth-order valence-corrected chi connectivity index (χ4v) is 3.87. The minimum absolute atomic E-state index is 0.632. The van der Waals surface area contributed by atoms with Crippen molar-refractivity contribution < 1.29 is 0 Å². The van der Waals surface area contributed by atoms with Crippen LogP contribution < -0.4 is 5.32 Å². The lowest BCUT2D eigenvalue weighted by molar-refractivity contribution is 0.244. The van der Waals surface area contributed by atoms with Crippen LogP contribution in [0, 0.1) is 0 Å². The lowest BCUT2D eigenvalue weighted by Gasteiger charge is -2.24. The number of hydrogen-bond donors (Lipinski definition) is 1. The fraction of sp³-hybridized carbons (Fsp3) is 0.556. The van der Waals surface area contributed by atoms with Crippen molar-refractivity contribution in [3.63, 3.8) is 0 Å². The van der Waals surface area contributed by atoms with Gasteiger partial charge in [-0.25, -0.2) is 0 Å². The smallest absolute Gasteiger partial charge is 0.0349 e. The molecule has 1 aromatic heterocycles. The maximum Gasteiger partial charge on any atom is 0.0349 e. The third-order valence-corrected chi connectivity index (χ3v) is 5.87. The van der Waals surface area contributed by atoms with Gasteiger partial charge in [-0.3, -0.25) is 4.90 Å². The average Bonchev–Trinajstić information content (AvgIpc) is 3.27. The van der Waals surface area contributed by atoms with Crippen LogP contribution in [0.5, 0.6) is 0 Å². The van der Waals surface area contributed by atoms with Crippen LogP contribution in [0.15, 0.2) is 24.3 Å². The number of benzene rings is 1. The molecule has 2 aromatic rings. The first-order valence-electron chi connectivity index (χ1n) is 8.12. The minimum Gasteiger partial charge on any atom is -0.309 e. The molecule has 0 amide bonds. The van der Waals surface area contributed by atoms with E-state index in [2.05, 4.69) is 55.4 Å². The highest BCUT2D eigenvalue weighted by Crippen LogP contribution is 2.33. The maximum absolute atomic E-state index is 3.68. The number of nitrogens with one attached hydrogen (secondary N) is 1. The summed E-state index contributed by atoms with van der Waals surface area (Å²) in [6.45, 7) is 6.67. The van der Waals surface area contributed by atoms with E-state index in [1.807, 2.05) is 11.3 Å². The van der Waals surface area contributed by atoms with E-state index in [0.717, 1.165) is 19.1 Å². The molecule has 2 nitrogen and oxygen atoms in total. The third kappa shape index (κ3) is 3.47. The Morgan fingerprint density at radius 2 is 2.10 bits per heavy atom. The van der Waals surface area contributed by atoms with Gasteiger partial charge in [-0.05, 0) is 50.2 Å². The topological polar surface area (TPSA) is 15.3 Å². The Morgan fingerprint density at radius 1 is 1.33 bits per heavy atom. The molecule has 1 fully saturated rings. The van der Waals surface area contributed by atoms with Crippen molar-refractivity contribution in [1.29, 1.82) is 0 Å². The van der Waals surface area contributed by atoms with Gasteiger partial charge in [-0.2, -0.15) is 0 Å². The molecule has 0 spiro atoms. The van der Waals surface area contributed by atoms with E-state index < -0.39 is 0 Å². The number of thiophene rings is 1. The Balaban J connectivity index is 1.86. The van der Waals surface area contributed by atoms with Crippen molar-refractivity contribution in [2.75, 3.05) is 7.05 Å². The molecule has 3 rings (SSSR count). The molecule has 1 atom stereocenters. The molecule has 0 radical (unpaired) electrons. The summed E-state index contributed by atoms with van der Waals surface area (Å²) < 4.78 is 1.43. The van der Waals surface area contributed by atoms with Gasteiger partial charge in [0.25, 0.3) is 0 Å². The van der Waals surface area contributed by atoms with Crippen molar-refractivity contribution >= 4 is 21.4 Å². The van der Waals surface area contributed by atoms with Gasteiger partial charge in [0, 0.05) is 34.8 Å². The highest BCUT2D eigenvalue weighted by molar-refractivity contribution is 7.19. The van der Waals surface area contributed by atoms with E-state index in [4.69, 9.17) is 0 Å². The third-order valence-electron chi connectivity index (χ3n) is 4.66. The average molecular weight is 302 g/mol. The van der Waals surface area contributed by atoms with Gasteiger partial charge in [0.2, 0.25) is 0 Å². The molecule has 0 aliphatic heterocycles. The van der Waals surface area contributed by atoms with Gasteiger partial charge in [-0.15, -0.1) is 11.3 Å².